The van der Waals surface area contributed by atoms with Gasteiger partial charge in [0.1, 0.15) is 12.3 Å². The number of hydrogen-bond acceptors (Lipinski definition) is 5. The first-order valence-electron chi connectivity index (χ1n) is 10.9. The van der Waals surface area contributed by atoms with E-state index in [4.69, 9.17) is 16.3 Å². The van der Waals surface area contributed by atoms with Crippen molar-refractivity contribution in [1.82, 2.24) is 24.3 Å². The molecule has 0 aliphatic carbocycles. The van der Waals surface area contributed by atoms with Gasteiger partial charge in [-0.3, -0.25) is 9.67 Å². The highest BCUT2D eigenvalue weighted by molar-refractivity contribution is 6.30. The van der Waals surface area contributed by atoms with E-state index in [9.17, 15) is 4.39 Å². The molecule has 4 aromatic heterocycles. The number of fused-ring (bicyclic) bond motifs is 1. The number of aliphatic imine (C=N–C) groups is 1. The molecule has 0 fully saturated rings. The third kappa shape index (κ3) is 4.38. The van der Waals surface area contributed by atoms with Crippen LogP contribution in [0.5, 0.6) is 0 Å². The molecule has 0 bridgehead atoms. The minimum absolute atomic E-state index is 0.241. The summed E-state index contributed by atoms with van der Waals surface area (Å²) in [6, 6.07) is 3.80. The van der Waals surface area contributed by atoms with Crippen molar-refractivity contribution in [2.24, 2.45) is 17.0 Å². The van der Waals surface area contributed by atoms with E-state index in [1.807, 2.05) is 38.6 Å². The Hall–Kier alpha value is -3.72. The molecular formula is C24H23ClFN7O. The van der Waals surface area contributed by atoms with Gasteiger partial charge in [0.15, 0.2) is 0 Å². The van der Waals surface area contributed by atoms with Gasteiger partial charge < -0.3 is 14.3 Å². The molecule has 5 heterocycles. The molecular weight excluding hydrogens is 457 g/mol. The van der Waals surface area contributed by atoms with Crippen molar-refractivity contribution in [2.75, 3.05) is 13.2 Å². The van der Waals surface area contributed by atoms with Crippen molar-refractivity contribution in [1.29, 1.82) is 0 Å². The van der Waals surface area contributed by atoms with Gasteiger partial charge in [0.25, 0.3) is 0 Å². The number of aromatic amines is 1. The lowest BCUT2D eigenvalue weighted by Gasteiger charge is -2.09. The molecule has 0 atom stereocenters. The number of nitrogens with zero attached hydrogens (tertiary/aromatic N) is 6. The fraction of sp³-hybridized carbons (Fsp3) is 0.250. The van der Waals surface area contributed by atoms with Crippen LogP contribution in [0.15, 0.2) is 70.8 Å². The summed E-state index contributed by atoms with van der Waals surface area (Å²) in [5, 5.41) is 6.11. The molecule has 0 radical (unpaired) electrons. The molecule has 8 nitrogen and oxygen atoms in total. The van der Waals surface area contributed by atoms with Crippen LogP contribution >= 0.6 is 11.6 Å². The first-order chi connectivity index (χ1) is 16.5. The summed E-state index contributed by atoms with van der Waals surface area (Å²) in [4.78, 5) is 17.1. The highest BCUT2D eigenvalue weighted by Crippen LogP contribution is 2.27. The van der Waals surface area contributed by atoms with Gasteiger partial charge in [-0.1, -0.05) is 11.6 Å². The van der Waals surface area contributed by atoms with Gasteiger partial charge in [0.2, 0.25) is 11.8 Å². The SMILES string of the molecule is CC1=C(N=c2ccn(CCF)cc2Cl)OC(c2c[nH]c3ncc(-c4cnn(C)c4)cc23)=NCC1. The van der Waals surface area contributed by atoms with E-state index in [1.165, 1.54) is 0 Å². The van der Waals surface area contributed by atoms with Crippen molar-refractivity contribution in [3.8, 4) is 11.1 Å². The summed E-state index contributed by atoms with van der Waals surface area (Å²) in [5.74, 6) is 0.915. The molecule has 34 heavy (non-hydrogen) atoms. The first kappa shape index (κ1) is 22.1. The van der Waals surface area contributed by atoms with Crippen LogP contribution in [0, 0.1) is 0 Å². The molecule has 0 spiro atoms. The molecule has 1 N–H and O–H groups in total. The second kappa shape index (κ2) is 9.26. The monoisotopic (exact) mass is 479 g/mol. The second-order valence-corrected chi connectivity index (χ2v) is 8.47. The lowest BCUT2D eigenvalue weighted by atomic mass is 10.1. The molecule has 0 saturated heterocycles. The number of aryl methyl sites for hydroxylation is 2. The van der Waals surface area contributed by atoms with E-state index < -0.39 is 6.67 Å². The Labute approximate surface area is 200 Å². The quantitative estimate of drug-likeness (QED) is 0.460. The Morgan fingerprint density at radius 1 is 1.26 bits per heavy atom. The molecule has 1 aliphatic heterocycles. The lowest BCUT2D eigenvalue weighted by Crippen LogP contribution is -2.12. The van der Waals surface area contributed by atoms with Gasteiger partial charge in [0.05, 0.1) is 28.7 Å². The molecule has 0 amide bonds. The third-order valence-electron chi connectivity index (χ3n) is 5.61. The number of rotatable bonds is 5. The molecule has 4 aromatic rings. The fourth-order valence-electron chi connectivity index (χ4n) is 3.75. The Morgan fingerprint density at radius 3 is 2.91 bits per heavy atom. The van der Waals surface area contributed by atoms with Crippen LogP contribution in [0.25, 0.3) is 22.2 Å². The fourth-order valence-corrected chi connectivity index (χ4v) is 3.98. The summed E-state index contributed by atoms with van der Waals surface area (Å²) >= 11 is 6.40. The maximum Gasteiger partial charge on any atom is 0.226 e. The number of halogens is 2. The molecule has 174 valence electrons. The summed E-state index contributed by atoms with van der Waals surface area (Å²) in [6.45, 7) is 2.31. The molecule has 0 saturated carbocycles. The highest BCUT2D eigenvalue weighted by Gasteiger charge is 2.19. The van der Waals surface area contributed by atoms with Crippen molar-refractivity contribution >= 4 is 28.5 Å². The summed E-state index contributed by atoms with van der Waals surface area (Å²) in [6.07, 6.45) is 11.5. The Bertz CT molecular complexity index is 1490. The number of hydrogen-bond donors (Lipinski definition) is 1. The maximum absolute atomic E-state index is 12.7. The number of ether oxygens (including phenoxy) is 1. The van der Waals surface area contributed by atoms with E-state index >= 15 is 0 Å². The summed E-state index contributed by atoms with van der Waals surface area (Å²) < 4.78 is 22.3. The smallest absolute Gasteiger partial charge is 0.226 e. The zero-order valence-electron chi connectivity index (χ0n) is 18.8. The van der Waals surface area contributed by atoms with Crippen molar-refractivity contribution in [3.63, 3.8) is 0 Å². The first-order valence-corrected chi connectivity index (χ1v) is 11.2. The zero-order valence-corrected chi connectivity index (χ0v) is 19.6. The maximum atomic E-state index is 12.7. The molecule has 10 heteroatoms. The van der Waals surface area contributed by atoms with E-state index in [1.54, 1.807) is 33.9 Å². The number of aromatic nitrogens is 5. The van der Waals surface area contributed by atoms with Crippen LogP contribution in [-0.2, 0) is 18.3 Å². The standard InChI is InChI=1S/C24H23ClFN7O/c1-15-3-6-27-24(34-23(15)31-21-4-7-33(8-5-26)14-20(21)25)19-12-29-22-18(19)9-16(10-28-22)17-11-30-32(2)13-17/h4,7,9-14H,3,5-6,8H2,1-2H3,(H,28,29). The number of nitrogens with one attached hydrogen (secondary N) is 1. The van der Waals surface area contributed by atoms with Gasteiger partial charge in [-0.05, 0) is 31.1 Å². The Kier molecular flexibility index (Phi) is 6.02. The molecule has 1 aliphatic rings. The lowest BCUT2D eigenvalue weighted by molar-refractivity contribution is 0.404. The van der Waals surface area contributed by atoms with Crippen LogP contribution in [0.4, 0.5) is 4.39 Å². The normalized spacial score (nSPS) is 14.9. The van der Waals surface area contributed by atoms with E-state index in [0.29, 0.717) is 35.1 Å². The Balaban J connectivity index is 1.51. The zero-order chi connectivity index (χ0) is 23.7. The number of H-pyrrole nitrogens is 1. The molecule has 5 rings (SSSR count). The summed E-state index contributed by atoms with van der Waals surface area (Å²) in [7, 11) is 1.88. The van der Waals surface area contributed by atoms with Crippen LogP contribution in [0.2, 0.25) is 5.02 Å². The number of pyridine rings is 2. The van der Waals surface area contributed by atoms with Crippen LogP contribution in [0.1, 0.15) is 18.9 Å². The van der Waals surface area contributed by atoms with Gasteiger partial charge >= 0.3 is 0 Å². The summed E-state index contributed by atoms with van der Waals surface area (Å²) in [5.41, 5.74) is 4.42. The largest absolute Gasteiger partial charge is 0.420 e. The minimum atomic E-state index is -0.466. The van der Waals surface area contributed by atoms with Crippen LogP contribution in [-0.4, -0.2) is 43.4 Å². The van der Waals surface area contributed by atoms with Crippen molar-refractivity contribution < 1.29 is 9.13 Å². The predicted molar refractivity (Wildman–Crippen MR) is 129 cm³/mol. The number of alkyl halides is 1. The van der Waals surface area contributed by atoms with Gasteiger partial charge in [0, 0.05) is 61.1 Å². The van der Waals surface area contributed by atoms with Crippen LogP contribution < -0.4 is 5.36 Å². The van der Waals surface area contributed by atoms with Crippen LogP contribution in [0.3, 0.4) is 0 Å². The van der Waals surface area contributed by atoms with E-state index in [-0.39, 0.29) is 6.54 Å². The van der Waals surface area contributed by atoms with Crippen molar-refractivity contribution in [2.45, 2.75) is 19.9 Å². The minimum Gasteiger partial charge on any atom is -0.420 e. The Morgan fingerprint density at radius 2 is 2.15 bits per heavy atom. The van der Waals surface area contributed by atoms with Gasteiger partial charge in [-0.2, -0.15) is 5.10 Å². The second-order valence-electron chi connectivity index (χ2n) is 8.07. The van der Waals surface area contributed by atoms with Gasteiger partial charge in [-0.15, -0.1) is 0 Å². The highest BCUT2D eigenvalue weighted by atomic mass is 35.5. The average Bonchev–Trinajstić information content (AvgIpc) is 3.40. The molecule has 0 aromatic carbocycles. The topological polar surface area (TPSA) is 85.4 Å². The third-order valence-corrected chi connectivity index (χ3v) is 5.90. The predicted octanol–water partition coefficient (Wildman–Crippen LogP) is 4.39. The van der Waals surface area contributed by atoms with Gasteiger partial charge in [-0.25, -0.2) is 14.4 Å². The van der Waals surface area contributed by atoms with E-state index in [0.717, 1.165) is 33.3 Å². The molecule has 0 unspecified atom stereocenters. The van der Waals surface area contributed by atoms with Crippen molar-refractivity contribution in [3.05, 3.63) is 76.7 Å². The van der Waals surface area contributed by atoms with E-state index in [2.05, 4.69) is 25.1 Å². The average molecular weight is 480 g/mol.